The van der Waals surface area contributed by atoms with Gasteiger partial charge in [0.05, 0.1) is 0 Å². The predicted molar refractivity (Wildman–Crippen MR) is 72.1 cm³/mol. The zero-order valence-electron chi connectivity index (χ0n) is 12.5. The van der Waals surface area contributed by atoms with E-state index in [1.807, 2.05) is 6.92 Å². The molecule has 104 valence electrons. The van der Waals surface area contributed by atoms with E-state index in [1.54, 1.807) is 0 Å². The van der Waals surface area contributed by atoms with Crippen molar-refractivity contribution in [2.45, 2.75) is 65.2 Å². The van der Waals surface area contributed by atoms with Crippen LogP contribution in [-0.4, -0.2) is 24.3 Å². The largest absolute Gasteiger partial charge is 1.00 e. The second kappa shape index (κ2) is 22.2. The van der Waals surface area contributed by atoms with Gasteiger partial charge in [-0.2, -0.15) is 6.42 Å². The van der Waals surface area contributed by atoms with Crippen molar-refractivity contribution in [3.63, 3.8) is 0 Å². The van der Waals surface area contributed by atoms with E-state index in [4.69, 9.17) is 9.84 Å². The summed E-state index contributed by atoms with van der Waals surface area (Å²) in [5, 5.41) is 8.29. The van der Waals surface area contributed by atoms with Crippen LogP contribution in [0.2, 0.25) is 0 Å². The van der Waals surface area contributed by atoms with Gasteiger partial charge in [-0.25, -0.2) is 4.79 Å². The molecule has 0 saturated heterocycles. The molecule has 0 aliphatic carbocycles. The molecule has 3 nitrogen and oxygen atoms in total. The molecular weight excluding hydrogens is 223 g/mol. The van der Waals surface area contributed by atoms with Gasteiger partial charge in [-0.3, -0.25) is 0 Å². The summed E-state index contributed by atoms with van der Waals surface area (Å²) in [7, 11) is 0. The molecule has 0 aliphatic heterocycles. The number of aliphatic carboxylic acids is 1. The van der Waals surface area contributed by atoms with Crippen molar-refractivity contribution >= 4 is 5.97 Å². The molecule has 0 spiro atoms. The molecule has 0 aromatic rings. The molecule has 4 heteroatoms. The third kappa shape index (κ3) is 29.8. The molecule has 0 aromatic carbocycles. The summed E-state index contributed by atoms with van der Waals surface area (Å²) in [5.41, 5.74) is 0. The zero-order valence-corrected chi connectivity index (χ0v) is 12.5. The molecular formula is C14H29LiO3. The molecule has 1 N–H and O–H groups in total. The van der Waals surface area contributed by atoms with E-state index in [9.17, 15) is 4.79 Å². The second-order valence-corrected chi connectivity index (χ2v) is 4.07. The van der Waals surface area contributed by atoms with Gasteiger partial charge in [0.25, 0.3) is 0 Å². The van der Waals surface area contributed by atoms with E-state index in [0.29, 0.717) is 6.61 Å². The Morgan fingerprint density at radius 3 is 1.94 bits per heavy atom. The number of ether oxygens (including phenoxy) is 1. The van der Waals surface area contributed by atoms with Crippen molar-refractivity contribution in [2.75, 3.05) is 13.2 Å². The van der Waals surface area contributed by atoms with Gasteiger partial charge in [0, 0.05) is 6.61 Å². The number of carbonyl (C=O) groups is 1. The molecule has 0 unspecified atom stereocenters. The first-order valence-electron chi connectivity index (χ1n) is 6.77. The minimum absolute atomic E-state index is 0. The van der Waals surface area contributed by atoms with Gasteiger partial charge < -0.3 is 16.8 Å². The summed E-state index contributed by atoms with van der Waals surface area (Å²) in [6.07, 6.45) is 9.62. The Bertz CT molecular complexity index is 152. The van der Waals surface area contributed by atoms with Crippen LogP contribution < -0.4 is 18.9 Å². The van der Waals surface area contributed by atoms with Crippen LogP contribution in [0.4, 0.5) is 0 Å². The van der Waals surface area contributed by atoms with Crippen LogP contribution in [0.1, 0.15) is 65.2 Å². The summed E-state index contributed by atoms with van der Waals surface area (Å²) in [5.74, 6) is -0.882. The van der Waals surface area contributed by atoms with E-state index in [1.165, 1.54) is 32.1 Å². The Hall–Kier alpha value is 0.0274. The zero-order chi connectivity index (χ0) is 13.4. The van der Waals surface area contributed by atoms with Crippen LogP contribution in [0, 0.1) is 6.92 Å². The summed E-state index contributed by atoms with van der Waals surface area (Å²) < 4.78 is 4.92. The molecule has 0 atom stereocenters. The van der Waals surface area contributed by atoms with Crippen molar-refractivity contribution in [1.82, 2.24) is 0 Å². The van der Waals surface area contributed by atoms with Gasteiger partial charge in [0.2, 0.25) is 0 Å². The third-order valence-corrected chi connectivity index (χ3v) is 2.12. The van der Waals surface area contributed by atoms with Crippen LogP contribution >= 0.6 is 0 Å². The van der Waals surface area contributed by atoms with Crippen LogP contribution in [0.25, 0.3) is 0 Å². The SMILES string of the molecule is CCCCCCCCCOCC(=O)O.[CH2-]CC.[Li+]. The van der Waals surface area contributed by atoms with Crippen molar-refractivity contribution in [1.29, 1.82) is 0 Å². The number of unbranched alkanes of at least 4 members (excludes halogenated alkanes) is 6. The first-order valence-corrected chi connectivity index (χ1v) is 6.77. The number of rotatable bonds is 10. The van der Waals surface area contributed by atoms with E-state index < -0.39 is 5.97 Å². The molecule has 0 fully saturated rings. The predicted octanol–water partition coefficient (Wildman–Crippen LogP) is 1.07. The van der Waals surface area contributed by atoms with Crippen LogP contribution in [0.3, 0.4) is 0 Å². The first kappa shape index (κ1) is 23.1. The third-order valence-electron chi connectivity index (χ3n) is 2.12. The molecule has 0 saturated carbocycles. The van der Waals surface area contributed by atoms with Gasteiger partial charge in [-0.1, -0.05) is 52.4 Å². The van der Waals surface area contributed by atoms with Gasteiger partial charge in [0.15, 0.2) is 0 Å². The van der Waals surface area contributed by atoms with Gasteiger partial charge in [-0.05, 0) is 6.42 Å². The molecule has 0 heterocycles. The normalized spacial score (nSPS) is 9.06. The standard InChI is InChI=1S/C11H22O3.C3H7.Li/c1-2-3-4-5-6-7-8-9-14-10-11(12)13;1-3-2;/h2-10H2,1H3,(H,12,13);1,3H2,2H3;/q;-1;+1. The monoisotopic (exact) mass is 252 g/mol. The van der Waals surface area contributed by atoms with E-state index in [2.05, 4.69) is 13.8 Å². The number of carboxylic acids is 1. The Kier molecular flexibility index (Phi) is 28.6. The van der Waals surface area contributed by atoms with Crippen molar-refractivity contribution in [3.05, 3.63) is 6.92 Å². The van der Waals surface area contributed by atoms with E-state index >= 15 is 0 Å². The summed E-state index contributed by atoms with van der Waals surface area (Å²) in [4.78, 5) is 10.1. The van der Waals surface area contributed by atoms with Crippen molar-refractivity contribution < 1.29 is 33.5 Å². The van der Waals surface area contributed by atoms with Gasteiger partial charge >= 0.3 is 24.8 Å². The van der Waals surface area contributed by atoms with Crippen molar-refractivity contribution in [2.24, 2.45) is 0 Å². The Labute approximate surface area is 125 Å². The average molecular weight is 252 g/mol. The topological polar surface area (TPSA) is 46.5 Å². The van der Waals surface area contributed by atoms with Crippen LogP contribution in [-0.2, 0) is 9.53 Å². The quantitative estimate of drug-likeness (QED) is 0.359. The maximum absolute atomic E-state index is 10.1. The van der Waals surface area contributed by atoms with Crippen molar-refractivity contribution in [3.8, 4) is 0 Å². The maximum atomic E-state index is 10.1. The van der Waals surface area contributed by atoms with E-state index in [-0.39, 0.29) is 25.5 Å². The minimum Gasteiger partial charge on any atom is -0.480 e. The Morgan fingerprint density at radius 2 is 1.50 bits per heavy atom. The first-order chi connectivity index (χ1) is 8.18. The number of hydrogen-bond donors (Lipinski definition) is 1. The fraction of sp³-hybridized carbons (Fsp3) is 0.857. The molecule has 0 amide bonds. The molecule has 0 radical (unpaired) electrons. The molecule has 18 heavy (non-hydrogen) atoms. The molecule has 0 bridgehead atoms. The van der Waals surface area contributed by atoms with E-state index in [0.717, 1.165) is 19.3 Å². The molecule has 0 aliphatic rings. The van der Waals surface area contributed by atoms with Gasteiger partial charge in [-0.15, -0.1) is 0 Å². The summed E-state index contributed by atoms with van der Waals surface area (Å²) >= 11 is 0. The number of carboxylic acid groups (broad SMARTS) is 1. The Morgan fingerprint density at radius 1 is 1.06 bits per heavy atom. The van der Waals surface area contributed by atoms with Gasteiger partial charge in [0.1, 0.15) is 6.61 Å². The van der Waals surface area contributed by atoms with Crippen LogP contribution in [0.15, 0.2) is 0 Å². The second-order valence-electron chi connectivity index (χ2n) is 4.07. The number of hydrogen-bond acceptors (Lipinski definition) is 2. The smallest absolute Gasteiger partial charge is 0.480 e. The van der Waals surface area contributed by atoms with Crippen LogP contribution in [0.5, 0.6) is 0 Å². The summed E-state index contributed by atoms with van der Waals surface area (Å²) in [6, 6.07) is 0. The summed E-state index contributed by atoms with van der Waals surface area (Å²) in [6.45, 7) is 8.13. The minimum atomic E-state index is -0.882. The molecule has 0 aromatic heterocycles. The Balaban J connectivity index is -0.000000507. The maximum Gasteiger partial charge on any atom is 1.00 e. The average Bonchev–Trinajstić information content (AvgIpc) is 2.27. The fourth-order valence-corrected chi connectivity index (χ4v) is 1.32. The molecule has 0 rings (SSSR count). The fourth-order valence-electron chi connectivity index (χ4n) is 1.32.